The minimum atomic E-state index is -0.595. The van der Waals surface area contributed by atoms with E-state index >= 15 is 0 Å². The molecule has 2 aromatic carbocycles. The average Bonchev–Trinajstić information content (AvgIpc) is 3.16. The van der Waals surface area contributed by atoms with Crippen LogP contribution in [-0.4, -0.2) is 17.8 Å². The second-order valence-corrected chi connectivity index (χ2v) is 6.92. The van der Waals surface area contributed by atoms with E-state index in [0.29, 0.717) is 22.7 Å². The number of ether oxygens (including phenoxy) is 1. The summed E-state index contributed by atoms with van der Waals surface area (Å²) >= 11 is 1.39. The summed E-state index contributed by atoms with van der Waals surface area (Å²) in [7, 11) is 0. The number of benzene rings is 2. The first kappa shape index (κ1) is 17.9. The van der Waals surface area contributed by atoms with Gasteiger partial charge in [-0.15, -0.1) is 11.3 Å². The lowest BCUT2D eigenvalue weighted by molar-refractivity contribution is -0.127. The molecule has 3 rings (SSSR count). The molecule has 1 unspecified atom stereocenters. The molecule has 1 aromatic heterocycles. The van der Waals surface area contributed by atoms with Gasteiger partial charge < -0.3 is 10.1 Å². The Hall–Kier alpha value is -2.92. The molecule has 26 heavy (non-hydrogen) atoms. The Morgan fingerprint density at radius 2 is 1.62 bits per heavy atom. The lowest BCUT2D eigenvalue weighted by Crippen LogP contribution is -2.35. The number of nitrogens with one attached hydrogen (secondary N) is 1. The van der Waals surface area contributed by atoms with Crippen molar-refractivity contribution in [2.75, 3.05) is 0 Å². The minimum Gasteiger partial charge on any atom is -0.481 e. The second-order valence-electron chi connectivity index (χ2n) is 5.75. The normalized spacial score (nSPS) is 11.6. The molecule has 0 spiro atoms. The van der Waals surface area contributed by atoms with Crippen molar-refractivity contribution in [1.82, 2.24) is 5.32 Å². The van der Waals surface area contributed by atoms with Crippen LogP contribution in [0.2, 0.25) is 0 Å². The van der Waals surface area contributed by atoms with Crippen molar-refractivity contribution >= 4 is 23.0 Å². The van der Waals surface area contributed by atoms with Crippen molar-refractivity contribution in [3.63, 3.8) is 0 Å². The van der Waals surface area contributed by atoms with E-state index in [-0.39, 0.29) is 11.7 Å². The summed E-state index contributed by atoms with van der Waals surface area (Å²) in [6.07, 6.45) is -0.595. The van der Waals surface area contributed by atoms with Gasteiger partial charge in [0, 0.05) is 10.4 Å². The quantitative estimate of drug-likeness (QED) is 0.642. The van der Waals surface area contributed by atoms with Gasteiger partial charge in [0.2, 0.25) is 5.78 Å². The van der Waals surface area contributed by atoms with E-state index in [0.717, 1.165) is 4.88 Å². The molecule has 0 bridgehead atoms. The van der Waals surface area contributed by atoms with Crippen LogP contribution >= 0.6 is 11.3 Å². The zero-order chi connectivity index (χ0) is 18.4. The number of hydrogen-bond acceptors (Lipinski definition) is 4. The minimum absolute atomic E-state index is 0.00560. The monoisotopic (exact) mass is 365 g/mol. The molecular formula is C21H19NO3S. The lowest BCUT2D eigenvalue weighted by Gasteiger charge is -2.14. The van der Waals surface area contributed by atoms with Crippen molar-refractivity contribution in [2.24, 2.45) is 0 Å². The molecule has 0 saturated heterocycles. The topological polar surface area (TPSA) is 55.4 Å². The van der Waals surface area contributed by atoms with Crippen molar-refractivity contribution in [2.45, 2.75) is 19.6 Å². The molecule has 0 aliphatic rings. The van der Waals surface area contributed by atoms with Gasteiger partial charge in [-0.3, -0.25) is 9.59 Å². The lowest BCUT2D eigenvalue weighted by atomic mass is 10.1. The Kier molecular flexibility index (Phi) is 5.81. The standard InChI is InChI=1S/C21H19NO3S/c1-15(25-17-10-6-3-7-11-17)21(24)22-14-18-12-13-19(26-18)20(23)16-8-4-2-5-9-16/h2-13,15H,14H2,1H3,(H,22,24). The van der Waals surface area contributed by atoms with Gasteiger partial charge in [-0.1, -0.05) is 48.5 Å². The van der Waals surface area contributed by atoms with E-state index in [1.54, 1.807) is 25.1 Å². The Morgan fingerprint density at radius 1 is 0.962 bits per heavy atom. The molecule has 0 radical (unpaired) electrons. The molecule has 132 valence electrons. The second kappa shape index (κ2) is 8.45. The van der Waals surface area contributed by atoms with Gasteiger partial charge in [-0.2, -0.15) is 0 Å². The van der Waals surface area contributed by atoms with Crippen LogP contribution < -0.4 is 10.1 Å². The van der Waals surface area contributed by atoms with E-state index in [9.17, 15) is 9.59 Å². The first-order valence-corrected chi connectivity index (χ1v) is 9.13. The zero-order valence-corrected chi connectivity index (χ0v) is 15.2. The maximum Gasteiger partial charge on any atom is 0.261 e. The molecule has 0 fully saturated rings. The van der Waals surface area contributed by atoms with Gasteiger partial charge in [0.25, 0.3) is 5.91 Å². The number of hydrogen-bond donors (Lipinski definition) is 1. The highest BCUT2D eigenvalue weighted by molar-refractivity contribution is 7.14. The van der Waals surface area contributed by atoms with Crippen LogP contribution in [0.1, 0.15) is 27.0 Å². The molecular weight excluding hydrogens is 346 g/mol. The third-order valence-corrected chi connectivity index (χ3v) is 4.87. The van der Waals surface area contributed by atoms with Crippen molar-refractivity contribution in [1.29, 1.82) is 0 Å². The Labute approximate surface area is 156 Å². The van der Waals surface area contributed by atoms with Gasteiger partial charge in [0.05, 0.1) is 11.4 Å². The van der Waals surface area contributed by atoms with Crippen LogP contribution in [0.4, 0.5) is 0 Å². The number of carbonyl (C=O) groups is 2. The summed E-state index contributed by atoms with van der Waals surface area (Å²) in [4.78, 5) is 26.2. The average molecular weight is 365 g/mol. The summed E-state index contributed by atoms with van der Waals surface area (Å²) < 4.78 is 5.60. The fourth-order valence-electron chi connectivity index (χ4n) is 2.40. The molecule has 5 heteroatoms. The largest absolute Gasteiger partial charge is 0.481 e. The number of thiophene rings is 1. The van der Waals surface area contributed by atoms with Crippen molar-refractivity contribution < 1.29 is 14.3 Å². The summed E-state index contributed by atoms with van der Waals surface area (Å²) in [6.45, 7) is 2.08. The van der Waals surface area contributed by atoms with E-state index in [1.807, 2.05) is 54.6 Å². The molecule has 0 saturated carbocycles. The van der Waals surface area contributed by atoms with Crippen molar-refractivity contribution in [3.8, 4) is 5.75 Å². The number of rotatable bonds is 7. The van der Waals surface area contributed by atoms with Gasteiger partial charge in [0.1, 0.15) is 5.75 Å². The molecule has 0 aliphatic carbocycles. The Morgan fingerprint density at radius 3 is 2.31 bits per heavy atom. The molecule has 1 heterocycles. The number of carbonyl (C=O) groups excluding carboxylic acids is 2. The summed E-state index contributed by atoms with van der Waals surface area (Å²) in [5.74, 6) is 0.453. The smallest absolute Gasteiger partial charge is 0.261 e. The van der Waals surface area contributed by atoms with Crippen molar-refractivity contribution in [3.05, 3.63) is 88.1 Å². The zero-order valence-electron chi connectivity index (χ0n) is 14.3. The maximum absolute atomic E-state index is 12.4. The third kappa shape index (κ3) is 4.58. The van der Waals surface area contributed by atoms with E-state index in [4.69, 9.17) is 4.74 Å². The first-order chi connectivity index (χ1) is 12.6. The molecule has 1 amide bonds. The molecule has 0 aliphatic heterocycles. The third-order valence-electron chi connectivity index (χ3n) is 3.78. The molecule has 1 N–H and O–H groups in total. The highest BCUT2D eigenvalue weighted by Crippen LogP contribution is 2.20. The van der Waals surface area contributed by atoms with E-state index in [1.165, 1.54) is 11.3 Å². The summed E-state index contributed by atoms with van der Waals surface area (Å²) in [5, 5.41) is 2.85. The SMILES string of the molecule is CC(Oc1ccccc1)C(=O)NCc1ccc(C(=O)c2ccccc2)s1. The molecule has 4 nitrogen and oxygen atoms in total. The summed E-state index contributed by atoms with van der Waals surface area (Å²) in [6, 6.07) is 22.1. The van der Waals surface area contributed by atoms with Crippen LogP contribution in [0.15, 0.2) is 72.8 Å². The predicted octanol–water partition coefficient (Wildman–Crippen LogP) is 4.06. The maximum atomic E-state index is 12.4. The number of ketones is 1. The van der Waals surface area contributed by atoms with E-state index < -0.39 is 6.10 Å². The van der Waals surface area contributed by atoms with E-state index in [2.05, 4.69) is 5.32 Å². The van der Waals surface area contributed by atoms with Gasteiger partial charge in [-0.25, -0.2) is 0 Å². The van der Waals surface area contributed by atoms with Gasteiger partial charge in [-0.05, 0) is 31.2 Å². The van der Waals surface area contributed by atoms with Crippen LogP contribution in [0.25, 0.3) is 0 Å². The van der Waals surface area contributed by atoms with Crippen LogP contribution in [0.5, 0.6) is 5.75 Å². The highest BCUT2D eigenvalue weighted by Gasteiger charge is 2.16. The number of amides is 1. The summed E-state index contributed by atoms with van der Waals surface area (Å²) in [5.41, 5.74) is 0.662. The number of para-hydroxylation sites is 1. The highest BCUT2D eigenvalue weighted by atomic mass is 32.1. The Balaban J connectivity index is 1.54. The van der Waals surface area contributed by atoms with Crippen LogP contribution in [-0.2, 0) is 11.3 Å². The molecule has 3 aromatic rings. The fraction of sp³-hybridized carbons (Fsp3) is 0.143. The molecule has 1 atom stereocenters. The van der Waals surface area contributed by atoms with Gasteiger partial charge in [0.15, 0.2) is 6.10 Å². The van der Waals surface area contributed by atoms with Crippen LogP contribution in [0, 0.1) is 0 Å². The van der Waals surface area contributed by atoms with Crippen LogP contribution in [0.3, 0.4) is 0 Å². The Bertz CT molecular complexity index is 875. The fourth-order valence-corrected chi connectivity index (χ4v) is 3.31. The predicted molar refractivity (Wildman–Crippen MR) is 103 cm³/mol. The first-order valence-electron chi connectivity index (χ1n) is 8.31. The van der Waals surface area contributed by atoms with Gasteiger partial charge >= 0.3 is 0 Å².